The molecule has 4 heteroatoms. The van der Waals surface area contributed by atoms with Gasteiger partial charge in [0.15, 0.2) is 5.75 Å². The van der Waals surface area contributed by atoms with Crippen LogP contribution in [0.1, 0.15) is 32.4 Å². The number of hydrogen-bond donors (Lipinski definition) is 2. The molecule has 3 N–H and O–H groups in total. The number of pyridine rings is 1. The lowest BCUT2D eigenvalue weighted by Crippen LogP contribution is -2.45. The summed E-state index contributed by atoms with van der Waals surface area (Å²) in [6.45, 7) is 6.92. The first-order valence-corrected chi connectivity index (χ1v) is 6.08. The Bertz CT molecular complexity index is 362. The first-order valence-electron chi connectivity index (χ1n) is 6.08. The topological polar surface area (TPSA) is 60.2 Å². The van der Waals surface area contributed by atoms with Gasteiger partial charge < -0.3 is 15.8 Å². The van der Waals surface area contributed by atoms with Crippen molar-refractivity contribution in [3.63, 3.8) is 0 Å². The Hall–Kier alpha value is -1.29. The summed E-state index contributed by atoms with van der Waals surface area (Å²) in [5.74, 6) is 0.755. The van der Waals surface area contributed by atoms with Crippen molar-refractivity contribution in [1.82, 2.24) is 4.98 Å². The van der Waals surface area contributed by atoms with E-state index in [1.807, 2.05) is 13.0 Å². The number of methoxy groups -OCH3 is 1. The number of nitrogens with two attached hydrogens (primary N) is 1. The van der Waals surface area contributed by atoms with Crippen molar-refractivity contribution in [2.24, 2.45) is 5.73 Å². The van der Waals surface area contributed by atoms with Gasteiger partial charge in [0.25, 0.3) is 0 Å². The van der Waals surface area contributed by atoms with Gasteiger partial charge in [0.2, 0.25) is 0 Å². The molecule has 0 aliphatic carbocycles. The quantitative estimate of drug-likeness (QED) is 0.797. The lowest BCUT2D eigenvalue weighted by atomic mass is 9.94. The summed E-state index contributed by atoms with van der Waals surface area (Å²) in [5.41, 5.74) is 8.01. The SMILES string of the molecule is CCC(N)(CC)CNc1cc(C)ncc1OC. The summed E-state index contributed by atoms with van der Waals surface area (Å²) in [7, 11) is 1.65. The van der Waals surface area contributed by atoms with Crippen LogP contribution in [0.2, 0.25) is 0 Å². The van der Waals surface area contributed by atoms with E-state index in [9.17, 15) is 0 Å². The third-order valence-electron chi connectivity index (χ3n) is 3.26. The molecule has 0 atom stereocenters. The van der Waals surface area contributed by atoms with E-state index >= 15 is 0 Å². The van der Waals surface area contributed by atoms with E-state index in [4.69, 9.17) is 10.5 Å². The third kappa shape index (κ3) is 3.60. The fourth-order valence-electron chi connectivity index (χ4n) is 1.62. The minimum Gasteiger partial charge on any atom is -0.493 e. The smallest absolute Gasteiger partial charge is 0.160 e. The van der Waals surface area contributed by atoms with E-state index in [0.717, 1.165) is 36.5 Å². The van der Waals surface area contributed by atoms with Crippen molar-refractivity contribution in [2.75, 3.05) is 19.0 Å². The second-order valence-electron chi connectivity index (χ2n) is 4.45. The predicted molar refractivity (Wildman–Crippen MR) is 71.5 cm³/mol. The molecule has 1 heterocycles. The Balaban J connectivity index is 2.77. The van der Waals surface area contributed by atoms with Crippen LogP contribution < -0.4 is 15.8 Å². The molecule has 1 aromatic rings. The maximum atomic E-state index is 6.26. The molecule has 1 aromatic heterocycles. The maximum Gasteiger partial charge on any atom is 0.160 e. The number of hydrogen-bond acceptors (Lipinski definition) is 4. The van der Waals surface area contributed by atoms with Gasteiger partial charge in [-0.1, -0.05) is 13.8 Å². The number of nitrogens with zero attached hydrogens (tertiary/aromatic N) is 1. The highest BCUT2D eigenvalue weighted by molar-refractivity contribution is 5.56. The Morgan fingerprint density at radius 2 is 2.06 bits per heavy atom. The van der Waals surface area contributed by atoms with Crippen LogP contribution in [0.15, 0.2) is 12.3 Å². The lowest BCUT2D eigenvalue weighted by molar-refractivity contribution is 0.406. The number of aromatic nitrogens is 1. The molecule has 17 heavy (non-hydrogen) atoms. The molecule has 0 aliphatic rings. The average molecular weight is 237 g/mol. The van der Waals surface area contributed by atoms with Crippen LogP contribution in [0.3, 0.4) is 0 Å². The van der Waals surface area contributed by atoms with Crippen LogP contribution in [0.25, 0.3) is 0 Å². The molecule has 4 nitrogen and oxygen atoms in total. The fraction of sp³-hybridized carbons (Fsp3) is 0.615. The van der Waals surface area contributed by atoms with Crippen molar-refractivity contribution >= 4 is 5.69 Å². The molecule has 0 saturated heterocycles. The van der Waals surface area contributed by atoms with Crippen molar-refractivity contribution < 1.29 is 4.74 Å². The summed E-state index contributed by atoms with van der Waals surface area (Å²) in [5, 5.41) is 3.36. The maximum absolute atomic E-state index is 6.26. The fourth-order valence-corrected chi connectivity index (χ4v) is 1.62. The van der Waals surface area contributed by atoms with Crippen molar-refractivity contribution in [2.45, 2.75) is 39.2 Å². The molecule has 96 valence electrons. The van der Waals surface area contributed by atoms with Crippen molar-refractivity contribution in [1.29, 1.82) is 0 Å². The molecule has 0 aromatic carbocycles. The van der Waals surface area contributed by atoms with Gasteiger partial charge >= 0.3 is 0 Å². The Morgan fingerprint density at radius 1 is 1.41 bits per heavy atom. The number of aryl methyl sites for hydroxylation is 1. The summed E-state index contributed by atoms with van der Waals surface area (Å²) < 4.78 is 5.27. The van der Waals surface area contributed by atoms with Crippen LogP contribution in [0, 0.1) is 6.92 Å². The highest BCUT2D eigenvalue weighted by Gasteiger charge is 2.20. The zero-order valence-electron chi connectivity index (χ0n) is 11.2. The minimum absolute atomic E-state index is 0.164. The van der Waals surface area contributed by atoms with Gasteiger partial charge in [-0.15, -0.1) is 0 Å². The van der Waals surface area contributed by atoms with E-state index < -0.39 is 0 Å². The molecular weight excluding hydrogens is 214 g/mol. The Labute approximate surface area is 104 Å². The monoisotopic (exact) mass is 237 g/mol. The van der Waals surface area contributed by atoms with E-state index in [1.54, 1.807) is 13.3 Å². The second kappa shape index (κ2) is 5.87. The lowest BCUT2D eigenvalue weighted by Gasteiger charge is -2.27. The summed E-state index contributed by atoms with van der Waals surface area (Å²) >= 11 is 0. The van der Waals surface area contributed by atoms with Crippen LogP contribution in [0.5, 0.6) is 5.75 Å². The van der Waals surface area contributed by atoms with E-state index in [1.165, 1.54) is 0 Å². The normalized spacial score (nSPS) is 11.4. The van der Waals surface area contributed by atoms with Gasteiger partial charge in [0.05, 0.1) is 19.0 Å². The first-order chi connectivity index (χ1) is 8.04. The molecule has 0 fully saturated rings. The van der Waals surface area contributed by atoms with Gasteiger partial charge in [-0.2, -0.15) is 0 Å². The third-order valence-corrected chi connectivity index (χ3v) is 3.26. The Kier molecular flexibility index (Phi) is 4.75. The van der Waals surface area contributed by atoms with Crippen LogP contribution >= 0.6 is 0 Å². The highest BCUT2D eigenvalue weighted by atomic mass is 16.5. The standard InChI is InChI=1S/C13H23N3O/c1-5-13(14,6-2)9-16-11-7-10(3)15-8-12(11)17-4/h7-8H,5-6,9,14H2,1-4H3,(H,15,16). The van der Waals surface area contributed by atoms with Crippen LogP contribution in [-0.2, 0) is 0 Å². The average Bonchev–Trinajstić information content (AvgIpc) is 2.36. The second-order valence-corrected chi connectivity index (χ2v) is 4.45. The molecule has 0 amide bonds. The molecular formula is C13H23N3O. The zero-order chi connectivity index (χ0) is 12.9. The van der Waals surface area contributed by atoms with E-state index in [-0.39, 0.29) is 5.54 Å². The first kappa shape index (κ1) is 13.8. The highest BCUT2D eigenvalue weighted by Crippen LogP contribution is 2.24. The van der Waals surface area contributed by atoms with Gasteiger partial charge in [0, 0.05) is 17.8 Å². The molecule has 0 unspecified atom stereocenters. The molecule has 0 saturated carbocycles. The van der Waals surface area contributed by atoms with Crippen LogP contribution in [-0.4, -0.2) is 24.2 Å². The van der Waals surface area contributed by atoms with Gasteiger partial charge in [0.1, 0.15) is 0 Å². The van der Waals surface area contributed by atoms with Crippen molar-refractivity contribution in [3.05, 3.63) is 18.0 Å². The molecule has 0 spiro atoms. The molecule has 1 rings (SSSR count). The molecule has 0 aliphatic heterocycles. The summed E-state index contributed by atoms with van der Waals surface area (Å²) in [6, 6.07) is 1.98. The summed E-state index contributed by atoms with van der Waals surface area (Å²) in [6.07, 6.45) is 3.62. The molecule has 0 radical (unpaired) electrons. The largest absolute Gasteiger partial charge is 0.493 e. The van der Waals surface area contributed by atoms with Crippen molar-refractivity contribution in [3.8, 4) is 5.75 Å². The number of anilines is 1. The predicted octanol–water partition coefficient (Wildman–Crippen LogP) is 2.33. The number of nitrogens with one attached hydrogen (secondary N) is 1. The molecule has 0 bridgehead atoms. The Morgan fingerprint density at radius 3 is 2.59 bits per heavy atom. The van der Waals surface area contributed by atoms with Crippen LogP contribution in [0.4, 0.5) is 5.69 Å². The van der Waals surface area contributed by atoms with Gasteiger partial charge in [-0.25, -0.2) is 0 Å². The summed E-state index contributed by atoms with van der Waals surface area (Å²) in [4.78, 5) is 4.20. The van der Waals surface area contributed by atoms with Gasteiger partial charge in [-0.3, -0.25) is 4.98 Å². The minimum atomic E-state index is -0.164. The van der Waals surface area contributed by atoms with Gasteiger partial charge in [-0.05, 0) is 25.8 Å². The number of rotatable bonds is 6. The van der Waals surface area contributed by atoms with E-state index in [0.29, 0.717) is 0 Å². The zero-order valence-corrected chi connectivity index (χ0v) is 11.2. The number of ether oxygens (including phenoxy) is 1. The van der Waals surface area contributed by atoms with E-state index in [2.05, 4.69) is 24.1 Å².